The van der Waals surface area contributed by atoms with Crippen molar-refractivity contribution in [1.82, 2.24) is 15.5 Å². The third kappa shape index (κ3) is 3.61. The van der Waals surface area contributed by atoms with E-state index in [-0.39, 0.29) is 11.9 Å². The highest BCUT2D eigenvalue weighted by Gasteiger charge is 2.15. The normalized spacial score (nSPS) is 12.6. The lowest BCUT2D eigenvalue weighted by atomic mass is 10.1. The van der Waals surface area contributed by atoms with Gasteiger partial charge in [-0.2, -0.15) is 0 Å². The predicted molar refractivity (Wildman–Crippen MR) is 81.4 cm³/mol. The molecular formula is C15H20FN3S. The van der Waals surface area contributed by atoms with E-state index in [9.17, 15) is 4.39 Å². The molecule has 5 heteroatoms. The van der Waals surface area contributed by atoms with Gasteiger partial charge < -0.3 is 5.32 Å². The van der Waals surface area contributed by atoms with Crippen molar-refractivity contribution >= 4 is 11.3 Å². The number of benzene rings is 1. The number of hydrogen-bond acceptors (Lipinski definition) is 4. The average Bonchev–Trinajstić information content (AvgIpc) is 2.88. The molecule has 0 saturated heterocycles. The molecule has 108 valence electrons. The van der Waals surface area contributed by atoms with E-state index in [0.717, 1.165) is 40.5 Å². The Labute approximate surface area is 123 Å². The Kier molecular flexibility index (Phi) is 5.20. The number of aromatic nitrogens is 2. The van der Waals surface area contributed by atoms with Gasteiger partial charge in [0, 0.05) is 5.56 Å². The molecule has 1 heterocycles. The molecule has 20 heavy (non-hydrogen) atoms. The maximum atomic E-state index is 13.5. The molecule has 0 fully saturated rings. The quantitative estimate of drug-likeness (QED) is 0.871. The molecule has 0 aliphatic rings. The van der Waals surface area contributed by atoms with Crippen LogP contribution in [-0.2, 0) is 0 Å². The van der Waals surface area contributed by atoms with Crippen LogP contribution < -0.4 is 5.32 Å². The van der Waals surface area contributed by atoms with Gasteiger partial charge in [-0.1, -0.05) is 25.2 Å². The largest absolute Gasteiger partial charge is 0.308 e. The highest BCUT2D eigenvalue weighted by Crippen LogP contribution is 2.29. The Balaban J connectivity index is 2.23. The summed E-state index contributed by atoms with van der Waals surface area (Å²) in [6.07, 6.45) is 2.06. The fourth-order valence-electron chi connectivity index (χ4n) is 2.08. The monoisotopic (exact) mass is 293 g/mol. The summed E-state index contributed by atoms with van der Waals surface area (Å²) in [5.41, 5.74) is 1.70. The van der Waals surface area contributed by atoms with Crippen molar-refractivity contribution in [1.29, 1.82) is 0 Å². The Morgan fingerprint density at radius 2 is 2.05 bits per heavy atom. The van der Waals surface area contributed by atoms with E-state index in [4.69, 9.17) is 0 Å². The van der Waals surface area contributed by atoms with Crippen molar-refractivity contribution in [2.75, 3.05) is 6.54 Å². The maximum Gasteiger partial charge on any atom is 0.147 e. The number of halogens is 1. The SMILES string of the molecule is CCCNC(CC)c1nnc(-c2cc(C)cc(F)c2)s1. The fourth-order valence-corrected chi connectivity index (χ4v) is 3.07. The van der Waals surface area contributed by atoms with Gasteiger partial charge in [0.15, 0.2) is 0 Å². The molecule has 2 rings (SSSR count). The number of hydrogen-bond donors (Lipinski definition) is 1. The van der Waals surface area contributed by atoms with Crippen LogP contribution >= 0.6 is 11.3 Å². The molecule has 1 atom stereocenters. The second-order valence-corrected chi connectivity index (χ2v) is 5.89. The molecule has 1 unspecified atom stereocenters. The van der Waals surface area contributed by atoms with Crippen LogP contribution in [0.15, 0.2) is 18.2 Å². The van der Waals surface area contributed by atoms with E-state index >= 15 is 0 Å². The van der Waals surface area contributed by atoms with Crippen molar-refractivity contribution in [2.24, 2.45) is 0 Å². The summed E-state index contributed by atoms with van der Waals surface area (Å²) < 4.78 is 13.5. The highest BCUT2D eigenvalue weighted by molar-refractivity contribution is 7.14. The van der Waals surface area contributed by atoms with Crippen molar-refractivity contribution in [3.05, 3.63) is 34.6 Å². The third-order valence-corrected chi connectivity index (χ3v) is 4.16. The lowest BCUT2D eigenvalue weighted by Gasteiger charge is -2.12. The molecule has 0 aliphatic heterocycles. The van der Waals surface area contributed by atoms with Crippen molar-refractivity contribution in [3.8, 4) is 10.6 Å². The van der Waals surface area contributed by atoms with Gasteiger partial charge in [0.05, 0.1) is 6.04 Å². The molecule has 0 saturated carbocycles. The Morgan fingerprint density at radius 3 is 2.70 bits per heavy atom. The Hall–Kier alpha value is -1.33. The van der Waals surface area contributed by atoms with Gasteiger partial charge in [-0.05, 0) is 50.1 Å². The minimum Gasteiger partial charge on any atom is -0.308 e. The van der Waals surface area contributed by atoms with Crippen LogP contribution in [0.2, 0.25) is 0 Å². The smallest absolute Gasteiger partial charge is 0.147 e. The lowest BCUT2D eigenvalue weighted by molar-refractivity contribution is 0.513. The van der Waals surface area contributed by atoms with Crippen molar-refractivity contribution in [2.45, 2.75) is 39.7 Å². The summed E-state index contributed by atoms with van der Waals surface area (Å²) in [4.78, 5) is 0. The maximum absolute atomic E-state index is 13.5. The number of nitrogens with one attached hydrogen (secondary N) is 1. The summed E-state index contributed by atoms with van der Waals surface area (Å²) in [5.74, 6) is -0.229. The summed E-state index contributed by atoms with van der Waals surface area (Å²) >= 11 is 1.54. The standard InChI is InChI=1S/C15H20FN3S/c1-4-6-17-13(5-2)15-19-18-14(20-15)11-7-10(3)8-12(16)9-11/h7-9,13,17H,4-6H2,1-3H3. The van der Waals surface area contributed by atoms with Gasteiger partial charge in [0.1, 0.15) is 15.8 Å². The van der Waals surface area contributed by atoms with Crippen molar-refractivity contribution < 1.29 is 4.39 Å². The van der Waals surface area contributed by atoms with E-state index in [0.29, 0.717) is 0 Å². The fraction of sp³-hybridized carbons (Fsp3) is 0.467. The Bertz CT molecular complexity index is 548. The van der Waals surface area contributed by atoms with Gasteiger partial charge in [-0.25, -0.2) is 4.39 Å². The summed E-state index contributed by atoms with van der Waals surface area (Å²) in [5, 5.41) is 13.7. The second kappa shape index (κ2) is 6.90. The van der Waals surface area contributed by atoms with E-state index < -0.39 is 0 Å². The van der Waals surface area contributed by atoms with Crippen LogP contribution in [0.3, 0.4) is 0 Å². The number of rotatable bonds is 6. The first-order valence-corrected chi connectivity index (χ1v) is 7.80. The Morgan fingerprint density at radius 1 is 1.25 bits per heavy atom. The zero-order chi connectivity index (χ0) is 14.5. The van der Waals surface area contributed by atoms with Crippen LogP contribution in [0.4, 0.5) is 4.39 Å². The van der Waals surface area contributed by atoms with E-state index in [2.05, 4.69) is 29.4 Å². The van der Waals surface area contributed by atoms with Gasteiger partial charge in [0.2, 0.25) is 0 Å². The molecule has 2 aromatic rings. The van der Waals surface area contributed by atoms with Crippen LogP contribution in [0, 0.1) is 12.7 Å². The lowest BCUT2D eigenvalue weighted by Crippen LogP contribution is -2.21. The van der Waals surface area contributed by atoms with Gasteiger partial charge >= 0.3 is 0 Å². The van der Waals surface area contributed by atoms with Gasteiger partial charge in [-0.15, -0.1) is 10.2 Å². The van der Waals surface area contributed by atoms with E-state index in [1.165, 1.54) is 23.5 Å². The molecule has 3 nitrogen and oxygen atoms in total. The topological polar surface area (TPSA) is 37.8 Å². The third-order valence-electron chi connectivity index (χ3n) is 3.08. The molecular weight excluding hydrogens is 273 g/mol. The zero-order valence-electron chi connectivity index (χ0n) is 12.1. The zero-order valence-corrected chi connectivity index (χ0v) is 12.9. The van der Waals surface area contributed by atoms with Gasteiger partial charge in [0.25, 0.3) is 0 Å². The minimum atomic E-state index is -0.229. The predicted octanol–water partition coefficient (Wildman–Crippen LogP) is 4.10. The summed E-state index contributed by atoms with van der Waals surface area (Å²) in [6, 6.07) is 5.20. The first kappa shape index (κ1) is 15.1. The molecule has 0 bridgehead atoms. The molecule has 0 spiro atoms. The summed E-state index contributed by atoms with van der Waals surface area (Å²) in [6.45, 7) is 7.11. The minimum absolute atomic E-state index is 0.229. The molecule has 1 aromatic carbocycles. The molecule has 1 aromatic heterocycles. The van der Waals surface area contributed by atoms with Gasteiger partial charge in [-0.3, -0.25) is 0 Å². The number of aryl methyl sites for hydroxylation is 1. The molecule has 1 N–H and O–H groups in total. The first-order chi connectivity index (χ1) is 9.63. The second-order valence-electron chi connectivity index (χ2n) is 4.88. The average molecular weight is 293 g/mol. The van der Waals surface area contributed by atoms with Crippen LogP contribution in [0.1, 0.15) is 43.3 Å². The summed E-state index contributed by atoms with van der Waals surface area (Å²) in [7, 11) is 0. The van der Waals surface area contributed by atoms with E-state index in [1.807, 2.05) is 13.0 Å². The first-order valence-electron chi connectivity index (χ1n) is 6.98. The molecule has 0 amide bonds. The van der Waals surface area contributed by atoms with Crippen LogP contribution in [-0.4, -0.2) is 16.7 Å². The van der Waals surface area contributed by atoms with Crippen molar-refractivity contribution in [3.63, 3.8) is 0 Å². The van der Waals surface area contributed by atoms with Crippen LogP contribution in [0.25, 0.3) is 10.6 Å². The number of nitrogens with zero attached hydrogens (tertiary/aromatic N) is 2. The molecule has 0 aliphatic carbocycles. The van der Waals surface area contributed by atoms with E-state index in [1.54, 1.807) is 0 Å². The highest BCUT2D eigenvalue weighted by atomic mass is 32.1. The molecule has 0 radical (unpaired) electrons. The van der Waals surface area contributed by atoms with Crippen LogP contribution in [0.5, 0.6) is 0 Å².